The number of rotatable bonds is 1. The van der Waals surface area contributed by atoms with E-state index in [-0.39, 0.29) is 5.25 Å². The van der Waals surface area contributed by atoms with Gasteiger partial charge in [0.15, 0.2) is 0 Å². The van der Waals surface area contributed by atoms with Gasteiger partial charge in [-0.3, -0.25) is 0 Å². The third-order valence-corrected chi connectivity index (χ3v) is 7.79. The number of hydrogen-bond donors (Lipinski definition) is 0. The van der Waals surface area contributed by atoms with Gasteiger partial charge in [-0.15, -0.1) is 0 Å². The molecule has 0 aromatic heterocycles. The van der Waals surface area contributed by atoms with Gasteiger partial charge < -0.3 is 0 Å². The summed E-state index contributed by atoms with van der Waals surface area (Å²) in [6, 6.07) is 0. The second kappa shape index (κ2) is 3.86. The molecular weight excluding hydrogens is 233 g/mol. The third kappa shape index (κ3) is 5.68. The average molecular weight is 236 g/mol. The van der Waals surface area contributed by atoms with Crippen LogP contribution in [0.2, 0.25) is 0 Å². The first kappa shape index (κ1) is 6.68. The topological polar surface area (TPSA) is 0 Å². The van der Waals surface area contributed by atoms with Crippen molar-refractivity contribution in [2.24, 2.45) is 0 Å². The molecule has 30 valence electrons. The first-order valence-corrected chi connectivity index (χ1v) is 8.19. The minimum atomic E-state index is 0.159. The van der Waals surface area contributed by atoms with Gasteiger partial charge in [0.25, 0.3) is 0 Å². The van der Waals surface area contributed by atoms with Gasteiger partial charge in [0.1, 0.15) is 0 Å². The Labute approximate surface area is 52.7 Å². The maximum absolute atomic E-state index is 4.67. The molecule has 0 bridgehead atoms. The monoisotopic (exact) mass is 236 g/mol. The van der Waals surface area contributed by atoms with E-state index in [4.69, 9.17) is 0 Å². The van der Waals surface area contributed by atoms with Crippen molar-refractivity contribution >= 4 is 46.1 Å². The Morgan fingerprint density at radius 1 is 2.00 bits per heavy atom. The van der Waals surface area contributed by atoms with E-state index in [1.54, 1.807) is 0 Å². The van der Waals surface area contributed by atoms with Crippen LogP contribution in [0.5, 0.6) is 0 Å². The zero-order valence-electron chi connectivity index (χ0n) is 2.68. The third-order valence-electron chi connectivity index (χ3n) is 0.113. The fourth-order valence-electron chi connectivity index (χ4n) is 0. The van der Waals surface area contributed by atoms with E-state index >= 15 is 0 Å². The predicted octanol–water partition coefficient (Wildman–Crippen LogP) is 2.77. The van der Waals surface area contributed by atoms with Crippen LogP contribution in [0.25, 0.3) is 0 Å². The van der Waals surface area contributed by atoms with Gasteiger partial charge in [0, 0.05) is 12.3 Å². The Balaban J connectivity index is 2.83. The largest absolute Gasteiger partial charge is 0.0518 e. The van der Waals surface area contributed by atoms with Gasteiger partial charge >= 0.3 is 0 Å². The van der Waals surface area contributed by atoms with Crippen LogP contribution in [0.4, 0.5) is 0 Å². The van der Waals surface area contributed by atoms with Gasteiger partial charge in [-0.05, 0) is 28.7 Å². The first-order chi connectivity index (χ1) is 2.27. The number of hydrogen-bond acceptors (Lipinski definition) is 1. The lowest BCUT2D eigenvalue weighted by Gasteiger charge is -1.78. The lowest BCUT2D eigenvalue weighted by molar-refractivity contribution is 2.51. The van der Waals surface area contributed by atoms with Crippen LogP contribution < -0.4 is 0 Å². The molecule has 0 saturated carbocycles. The summed E-state index contributed by atoms with van der Waals surface area (Å²) in [6.07, 6.45) is 0. The molecule has 0 aliphatic carbocycles. The highest BCUT2D eigenvalue weighted by molar-refractivity contribution is 14.2. The molecule has 0 aliphatic heterocycles. The van der Waals surface area contributed by atoms with Crippen molar-refractivity contribution in [2.75, 3.05) is 6.66 Å². The molecule has 0 N–H and O–H groups in total. The van der Waals surface area contributed by atoms with Crippen molar-refractivity contribution in [2.45, 2.75) is 0 Å². The highest BCUT2D eigenvalue weighted by atomic mass is 127. The second-order valence-electron chi connectivity index (χ2n) is 0.526. The molecule has 1 unspecified atom stereocenters. The SMILES string of the molecule is CP(I)P=S. The zero-order valence-corrected chi connectivity index (χ0v) is 7.44. The molecule has 1 atom stereocenters. The van der Waals surface area contributed by atoms with Crippen LogP contribution in [0.15, 0.2) is 0 Å². The Morgan fingerprint density at radius 2 is 2.20 bits per heavy atom. The Morgan fingerprint density at radius 3 is 2.20 bits per heavy atom. The molecule has 0 amide bonds. The zero-order chi connectivity index (χ0) is 4.28. The Kier molecular flexibility index (Phi) is 5.15. The Hall–Kier alpha value is 1.68. The summed E-state index contributed by atoms with van der Waals surface area (Å²) in [5.41, 5.74) is 0. The summed E-state index contributed by atoms with van der Waals surface area (Å²) in [5, 5.41) is 0.159. The maximum atomic E-state index is 4.67. The molecule has 0 aromatic rings. The quantitative estimate of drug-likeness (QED) is 0.498. The summed E-state index contributed by atoms with van der Waals surface area (Å²) in [5.74, 6) is 0. The van der Waals surface area contributed by atoms with Crippen LogP contribution in [0, 0.1) is 0 Å². The van der Waals surface area contributed by atoms with Crippen molar-refractivity contribution in [3.63, 3.8) is 0 Å². The fourth-order valence-corrected chi connectivity index (χ4v) is 0. The summed E-state index contributed by atoms with van der Waals surface area (Å²) < 4.78 is 0. The predicted molar refractivity (Wildman–Crippen MR) is 41.1 cm³/mol. The van der Waals surface area contributed by atoms with Gasteiger partial charge in [0.2, 0.25) is 0 Å². The van der Waals surface area contributed by atoms with Crippen molar-refractivity contribution < 1.29 is 0 Å². The molecule has 0 aliphatic rings. The molecule has 0 fully saturated rings. The van der Waals surface area contributed by atoms with E-state index in [0.29, 0.717) is 0 Å². The average Bonchev–Trinajstić information content (AvgIpc) is 1.38. The smallest absolute Gasteiger partial charge is 0.0212 e. The van der Waals surface area contributed by atoms with Crippen LogP contribution >= 0.6 is 34.3 Å². The van der Waals surface area contributed by atoms with Gasteiger partial charge in [-0.25, -0.2) is 0 Å². The van der Waals surface area contributed by atoms with Crippen molar-refractivity contribution in [3.8, 4) is 0 Å². The second-order valence-corrected chi connectivity index (χ2v) is 12.0. The molecule has 0 spiro atoms. The summed E-state index contributed by atoms with van der Waals surface area (Å²) in [6.45, 7) is 2.16. The van der Waals surface area contributed by atoms with Crippen LogP contribution in [-0.2, 0) is 11.8 Å². The maximum Gasteiger partial charge on any atom is 0.0212 e. The molecule has 4 heteroatoms. The van der Waals surface area contributed by atoms with E-state index in [2.05, 4.69) is 40.5 Å². The molecule has 0 saturated heterocycles. The lowest BCUT2D eigenvalue weighted by Crippen LogP contribution is -1.21. The van der Waals surface area contributed by atoms with E-state index < -0.39 is 0 Å². The van der Waals surface area contributed by atoms with E-state index in [1.807, 2.05) is 0 Å². The fraction of sp³-hybridized carbons (Fsp3) is 1.00. The van der Waals surface area contributed by atoms with E-state index in [0.717, 1.165) is 7.04 Å². The molecule has 5 heavy (non-hydrogen) atoms. The van der Waals surface area contributed by atoms with Crippen LogP contribution in [0.3, 0.4) is 0 Å². The summed E-state index contributed by atoms with van der Waals surface area (Å²) in [7, 11) is 1.13. The van der Waals surface area contributed by atoms with Crippen LogP contribution in [-0.4, -0.2) is 6.66 Å². The molecule has 0 rings (SSSR count). The van der Waals surface area contributed by atoms with Gasteiger partial charge in [-0.2, -0.15) is 0 Å². The highest BCUT2D eigenvalue weighted by Gasteiger charge is 1.79. The minimum Gasteiger partial charge on any atom is -0.0518 e. The molecule has 0 aromatic carbocycles. The van der Waals surface area contributed by atoms with Crippen molar-refractivity contribution in [3.05, 3.63) is 0 Å². The first-order valence-electron chi connectivity index (χ1n) is 0.999. The molecule has 0 nitrogen and oxygen atoms in total. The summed E-state index contributed by atoms with van der Waals surface area (Å²) >= 11 is 7.02. The van der Waals surface area contributed by atoms with E-state index in [9.17, 15) is 0 Å². The lowest BCUT2D eigenvalue weighted by atomic mass is 12.0. The minimum absolute atomic E-state index is 0.159. The van der Waals surface area contributed by atoms with E-state index in [1.165, 1.54) is 0 Å². The normalized spacial score (nSPS) is 15.6. The van der Waals surface area contributed by atoms with Gasteiger partial charge in [0.05, 0.1) is 0 Å². The molecular formula is CH3IP2S. The number of halogens is 1. The Bertz CT molecular complexity index is 36.6. The van der Waals surface area contributed by atoms with Crippen molar-refractivity contribution in [1.82, 2.24) is 0 Å². The highest BCUT2D eigenvalue weighted by Crippen LogP contribution is 2.52. The van der Waals surface area contributed by atoms with Crippen molar-refractivity contribution in [1.29, 1.82) is 0 Å². The molecule has 0 heterocycles. The van der Waals surface area contributed by atoms with Crippen LogP contribution in [0.1, 0.15) is 0 Å². The summed E-state index contributed by atoms with van der Waals surface area (Å²) in [4.78, 5) is 0. The van der Waals surface area contributed by atoms with Gasteiger partial charge in [-0.1, -0.05) is 11.8 Å². The molecule has 0 radical (unpaired) electrons. The standard InChI is InChI=1S/CH3IP2S/c1-4(2)3-5/h1H3.